The fourth-order valence-electron chi connectivity index (χ4n) is 4.97. The van der Waals surface area contributed by atoms with Crippen LogP contribution >= 0.6 is 0 Å². The molecule has 0 saturated carbocycles. The topological polar surface area (TPSA) is 69.7 Å². The van der Waals surface area contributed by atoms with Gasteiger partial charge in [0.15, 0.2) is 0 Å². The van der Waals surface area contributed by atoms with Crippen molar-refractivity contribution >= 4 is 21.6 Å². The maximum absolute atomic E-state index is 12.8. The molecule has 1 saturated heterocycles. The first-order chi connectivity index (χ1) is 17.0. The summed E-state index contributed by atoms with van der Waals surface area (Å²) in [4.78, 5) is 15.4. The molecule has 2 heterocycles. The minimum atomic E-state index is -3.45. The van der Waals surface area contributed by atoms with Crippen molar-refractivity contribution < 1.29 is 13.2 Å². The smallest absolute Gasteiger partial charge is 0.251 e. The molecule has 35 heavy (non-hydrogen) atoms. The van der Waals surface area contributed by atoms with E-state index < -0.39 is 10.0 Å². The maximum Gasteiger partial charge on any atom is 0.251 e. The first kappa shape index (κ1) is 23.6. The van der Waals surface area contributed by atoms with Gasteiger partial charge >= 0.3 is 0 Å². The van der Waals surface area contributed by atoms with Gasteiger partial charge in [0.2, 0.25) is 10.0 Å². The summed E-state index contributed by atoms with van der Waals surface area (Å²) in [5.74, 6) is 0.189. The van der Waals surface area contributed by atoms with Crippen LogP contribution in [0.1, 0.15) is 34.3 Å². The number of rotatable bonds is 6. The maximum atomic E-state index is 12.8. The van der Waals surface area contributed by atoms with Crippen molar-refractivity contribution in [2.24, 2.45) is 5.92 Å². The van der Waals surface area contributed by atoms with Crippen molar-refractivity contribution in [2.75, 3.05) is 31.1 Å². The Bertz CT molecular complexity index is 1270. The Morgan fingerprint density at radius 2 is 1.49 bits per heavy atom. The van der Waals surface area contributed by atoms with E-state index in [4.69, 9.17) is 0 Å². The van der Waals surface area contributed by atoms with E-state index in [0.29, 0.717) is 30.1 Å². The van der Waals surface area contributed by atoms with E-state index >= 15 is 0 Å². The highest BCUT2D eigenvalue weighted by molar-refractivity contribution is 7.89. The number of amides is 1. The molecule has 0 aromatic heterocycles. The molecule has 182 valence electrons. The Hall–Kier alpha value is -3.16. The second-order valence-corrected chi connectivity index (χ2v) is 11.3. The minimum absolute atomic E-state index is 0.0834. The van der Waals surface area contributed by atoms with Gasteiger partial charge in [-0.25, -0.2) is 8.42 Å². The van der Waals surface area contributed by atoms with E-state index in [9.17, 15) is 13.2 Å². The van der Waals surface area contributed by atoms with Crippen LogP contribution in [0.15, 0.2) is 83.8 Å². The molecule has 1 fully saturated rings. The molecular formula is C28H31N3O3S. The van der Waals surface area contributed by atoms with Gasteiger partial charge in [-0.05, 0) is 72.7 Å². The van der Waals surface area contributed by atoms with Crippen LogP contribution < -0.4 is 10.2 Å². The van der Waals surface area contributed by atoms with Crippen LogP contribution in [0.2, 0.25) is 0 Å². The molecule has 2 aliphatic heterocycles. The zero-order valence-corrected chi connectivity index (χ0v) is 20.6. The second kappa shape index (κ2) is 10.2. The molecule has 0 radical (unpaired) electrons. The monoisotopic (exact) mass is 489 g/mol. The first-order valence-corrected chi connectivity index (χ1v) is 13.7. The van der Waals surface area contributed by atoms with Crippen LogP contribution in [0.5, 0.6) is 0 Å². The highest BCUT2D eigenvalue weighted by Gasteiger charge is 2.29. The van der Waals surface area contributed by atoms with E-state index in [-0.39, 0.29) is 11.8 Å². The third kappa shape index (κ3) is 5.26. The average Bonchev–Trinajstić information content (AvgIpc) is 2.92. The van der Waals surface area contributed by atoms with Crippen molar-refractivity contribution in [3.8, 4) is 0 Å². The average molecular weight is 490 g/mol. The van der Waals surface area contributed by atoms with E-state index in [1.807, 2.05) is 30.3 Å². The number of carbonyl (C=O) groups is 1. The number of anilines is 1. The van der Waals surface area contributed by atoms with Crippen molar-refractivity contribution in [3.05, 3.63) is 95.6 Å². The summed E-state index contributed by atoms with van der Waals surface area (Å²) in [6.45, 7) is 3.38. The third-order valence-electron chi connectivity index (χ3n) is 7.13. The Balaban J connectivity index is 1.11. The Labute approximate surface area is 207 Å². The van der Waals surface area contributed by atoms with Crippen molar-refractivity contribution in [1.29, 1.82) is 0 Å². The molecule has 3 aromatic rings. The van der Waals surface area contributed by atoms with Gasteiger partial charge in [0.05, 0.1) is 4.90 Å². The standard InChI is InChI=1S/C28H31N3O3S/c32-28(24-10-12-26(13-11-24)30-17-16-23-6-4-5-7-25(23)21-30)29-20-22-14-18-31(19-15-22)35(33,34)27-8-2-1-3-9-27/h1-13,22H,14-21H2,(H,29,32). The molecule has 1 amide bonds. The third-order valence-corrected chi connectivity index (χ3v) is 9.04. The van der Waals surface area contributed by atoms with E-state index in [1.165, 1.54) is 11.1 Å². The normalized spacial score (nSPS) is 17.1. The van der Waals surface area contributed by atoms with Crippen LogP contribution in [-0.2, 0) is 23.0 Å². The van der Waals surface area contributed by atoms with Gasteiger partial charge in [0.25, 0.3) is 5.91 Å². The van der Waals surface area contributed by atoms with Crippen LogP contribution in [0.25, 0.3) is 0 Å². The molecule has 3 aromatic carbocycles. The van der Waals surface area contributed by atoms with E-state index in [2.05, 4.69) is 34.5 Å². The molecule has 0 atom stereocenters. The summed E-state index contributed by atoms with van der Waals surface area (Å²) >= 11 is 0. The fraction of sp³-hybridized carbons (Fsp3) is 0.321. The van der Waals surface area contributed by atoms with Crippen molar-refractivity contribution in [1.82, 2.24) is 9.62 Å². The molecule has 5 rings (SSSR count). The summed E-state index contributed by atoms with van der Waals surface area (Å²) < 4.78 is 27.2. The number of sulfonamides is 1. The van der Waals surface area contributed by atoms with Gasteiger partial charge in [-0.1, -0.05) is 42.5 Å². The van der Waals surface area contributed by atoms with Crippen LogP contribution in [0.3, 0.4) is 0 Å². The quantitative estimate of drug-likeness (QED) is 0.567. The number of nitrogens with one attached hydrogen (secondary N) is 1. The highest BCUT2D eigenvalue weighted by Crippen LogP contribution is 2.25. The number of piperidine rings is 1. The highest BCUT2D eigenvalue weighted by atomic mass is 32.2. The molecule has 0 spiro atoms. The van der Waals surface area contributed by atoms with Gasteiger partial charge < -0.3 is 10.2 Å². The lowest BCUT2D eigenvalue weighted by molar-refractivity contribution is 0.0941. The second-order valence-electron chi connectivity index (χ2n) is 9.36. The first-order valence-electron chi connectivity index (χ1n) is 12.3. The number of carbonyl (C=O) groups excluding carboxylic acids is 1. The summed E-state index contributed by atoms with van der Waals surface area (Å²) in [6, 6.07) is 25.0. The lowest BCUT2D eigenvalue weighted by atomic mass is 9.98. The summed E-state index contributed by atoms with van der Waals surface area (Å²) in [6.07, 6.45) is 2.51. The van der Waals surface area contributed by atoms with Gasteiger partial charge in [-0.2, -0.15) is 4.31 Å². The zero-order valence-electron chi connectivity index (χ0n) is 19.8. The number of fused-ring (bicyclic) bond motifs is 1. The molecule has 1 N–H and O–H groups in total. The summed E-state index contributed by atoms with van der Waals surface area (Å²) in [5.41, 5.74) is 4.56. The van der Waals surface area contributed by atoms with Gasteiger partial charge in [-0.3, -0.25) is 4.79 Å². The number of hydrogen-bond donors (Lipinski definition) is 1. The Morgan fingerprint density at radius 3 is 2.20 bits per heavy atom. The van der Waals surface area contributed by atoms with Crippen LogP contribution in [0.4, 0.5) is 5.69 Å². The molecule has 0 aliphatic carbocycles. The molecule has 7 heteroatoms. The Morgan fingerprint density at radius 1 is 0.829 bits per heavy atom. The van der Waals surface area contributed by atoms with E-state index in [0.717, 1.165) is 38.0 Å². The molecule has 0 bridgehead atoms. The number of nitrogens with zero attached hydrogens (tertiary/aromatic N) is 2. The summed E-state index contributed by atoms with van der Waals surface area (Å²) in [7, 11) is -3.45. The molecular weight excluding hydrogens is 458 g/mol. The van der Waals surface area contributed by atoms with Gasteiger partial charge in [0, 0.05) is 44.0 Å². The van der Waals surface area contributed by atoms with Gasteiger partial charge in [0.1, 0.15) is 0 Å². The molecule has 6 nitrogen and oxygen atoms in total. The lowest BCUT2D eigenvalue weighted by Crippen LogP contribution is -2.41. The molecule has 2 aliphatic rings. The lowest BCUT2D eigenvalue weighted by Gasteiger charge is -2.31. The van der Waals surface area contributed by atoms with Crippen molar-refractivity contribution in [2.45, 2.75) is 30.7 Å². The minimum Gasteiger partial charge on any atom is -0.367 e. The predicted molar refractivity (Wildman–Crippen MR) is 138 cm³/mol. The fourth-order valence-corrected chi connectivity index (χ4v) is 6.46. The molecule has 0 unspecified atom stereocenters. The van der Waals surface area contributed by atoms with E-state index in [1.54, 1.807) is 28.6 Å². The predicted octanol–water partition coefficient (Wildman–Crippen LogP) is 4.08. The van der Waals surface area contributed by atoms with Crippen LogP contribution in [0, 0.1) is 5.92 Å². The number of benzene rings is 3. The largest absolute Gasteiger partial charge is 0.367 e. The number of hydrogen-bond acceptors (Lipinski definition) is 4. The SMILES string of the molecule is O=C(NCC1CCN(S(=O)(=O)c2ccccc2)CC1)c1ccc(N2CCc3ccccc3C2)cc1. The Kier molecular flexibility index (Phi) is 6.88. The van der Waals surface area contributed by atoms with Gasteiger partial charge in [-0.15, -0.1) is 0 Å². The van der Waals surface area contributed by atoms with Crippen LogP contribution in [-0.4, -0.2) is 44.8 Å². The van der Waals surface area contributed by atoms with Crippen molar-refractivity contribution in [3.63, 3.8) is 0 Å². The zero-order chi connectivity index (χ0) is 24.3. The summed E-state index contributed by atoms with van der Waals surface area (Å²) in [5, 5.41) is 3.05.